The van der Waals surface area contributed by atoms with Gasteiger partial charge in [0.05, 0.1) is 4.90 Å². The molecule has 1 N–H and O–H groups in total. The van der Waals surface area contributed by atoms with Crippen LogP contribution < -0.4 is 4.72 Å². The molecule has 1 aromatic carbocycles. The van der Waals surface area contributed by atoms with Crippen LogP contribution in [0.15, 0.2) is 23.1 Å². The molecule has 0 aliphatic carbocycles. The minimum Gasteiger partial charge on any atom is -0.299 e. The van der Waals surface area contributed by atoms with Crippen molar-refractivity contribution >= 4 is 10.0 Å². The van der Waals surface area contributed by atoms with Gasteiger partial charge in [0.2, 0.25) is 10.0 Å². The summed E-state index contributed by atoms with van der Waals surface area (Å²) in [5.41, 5.74) is 0. The Labute approximate surface area is 123 Å². The average molecular weight is 316 g/mol. The van der Waals surface area contributed by atoms with Crippen LogP contribution in [0.25, 0.3) is 0 Å². The SMILES string of the molecule is O=S(=O)(NC1CCN2CCCCC12)c1cc(F)cc(F)c1. The van der Waals surface area contributed by atoms with E-state index < -0.39 is 21.7 Å². The van der Waals surface area contributed by atoms with Crippen LogP contribution in [0.2, 0.25) is 0 Å². The molecule has 7 heteroatoms. The van der Waals surface area contributed by atoms with Crippen molar-refractivity contribution in [3.05, 3.63) is 29.8 Å². The molecule has 116 valence electrons. The number of rotatable bonds is 3. The quantitative estimate of drug-likeness (QED) is 0.926. The molecule has 0 radical (unpaired) electrons. The number of fused-ring (bicyclic) bond motifs is 1. The van der Waals surface area contributed by atoms with Crippen LogP contribution in [-0.4, -0.2) is 38.5 Å². The first-order valence-corrected chi connectivity index (χ1v) is 8.66. The fourth-order valence-corrected chi connectivity index (χ4v) is 4.68. The van der Waals surface area contributed by atoms with Crippen LogP contribution >= 0.6 is 0 Å². The molecule has 0 bridgehead atoms. The second-order valence-electron chi connectivity index (χ2n) is 5.72. The van der Waals surface area contributed by atoms with Crippen LogP contribution in [-0.2, 0) is 10.0 Å². The zero-order chi connectivity index (χ0) is 15.0. The fraction of sp³-hybridized carbons (Fsp3) is 0.571. The third kappa shape index (κ3) is 3.09. The molecule has 3 rings (SSSR count). The summed E-state index contributed by atoms with van der Waals surface area (Å²) in [6.07, 6.45) is 3.94. The van der Waals surface area contributed by atoms with E-state index in [1.165, 1.54) is 0 Å². The summed E-state index contributed by atoms with van der Waals surface area (Å²) in [5.74, 6) is -1.78. The van der Waals surface area contributed by atoms with Gasteiger partial charge in [-0.25, -0.2) is 21.9 Å². The number of halogens is 2. The van der Waals surface area contributed by atoms with E-state index in [1.807, 2.05) is 0 Å². The van der Waals surface area contributed by atoms with Gasteiger partial charge < -0.3 is 0 Å². The van der Waals surface area contributed by atoms with Gasteiger partial charge in [0.25, 0.3) is 0 Å². The van der Waals surface area contributed by atoms with E-state index in [0.717, 1.165) is 50.9 Å². The van der Waals surface area contributed by atoms with Crippen molar-refractivity contribution in [2.75, 3.05) is 13.1 Å². The molecule has 4 nitrogen and oxygen atoms in total. The van der Waals surface area contributed by atoms with Crippen molar-refractivity contribution in [1.29, 1.82) is 0 Å². The lowest BCUT2D eigenvalue weighted by Gasteiger charge is -2.32. The molecule has 2 atom stereocenters. The van der Waals surface area contributed by atoms with E-state index >= 15 is 0 Å². The molecule has 0 aromatic heterocycles. The van der Waals surface area contributed by atoms with Gasteiger partial charge in [-0.1, -0.05) is 6.42 Å². The lowest BCUT2D eigenvalue weighted by atomic mass is 10.00. The molecule has 21 heavy (non-hydrogen) atoms. The minimum absolute atomic E-state index is 0.179. The Morgan fingerprint density at radius 2 is 1.76 bits per heavy atom. The van der Waals surface area contributed by atoms with Gasteiger partial charge in [-0.3, -0.25) is 4.90 Å². The van der Waals surface area contributed by atoms with Crippen LogP contribution in [0.1, 0.15) is 25.7 Å². The zero-order valence-electron chi connectivity index (χ0n) is 11.6. The first kappa shape index (κ1) is 14.9. The Bertz CT molecular complexity index is 616. The van der Waals surface area contributed by atoms with Crippen LogP contribution in [0.5, 0.6) is 0 Å². The molecule has 0 amide bonds. The van der Waals surface area contributed by atoms with Crippen molar-refractivity contribution in [3.8, 4) is 0 Å². The molecule has 2 aliphatic heterocycles. The number of piperidine rings is 1. The number of hydrogen-bond acceptors (Lipinski definition) is 3. The molecular formula is C14H18F2N2O2S. The molecule has 0 saturated carbocycles. The van der Waals surface area contributed by atoms with Crippen LogP contribution in [0, 0.1) is 11.6 Å². The van der Waals surface area contributed by atoms with Crippen LogP contribution in [0.4, 0.5) is 8.78 Å². The van der Waals surface area contributed by atoms with E-state index in [2.05, 4.69) is 9.62 Å². The molecule has 2 saturated heterocycles. The number of nitrogens with one attached hydrogen (secondary N) is 1. The van der Waals surface area contributed by atoms with Crippen molar-refractivity contribution in [2.45, 2.75) is 42.7 Å². The predicted molar refractivity (Wildman–Crippen MR) is 74.3 cm³/mol. The Balaban J connectivity index is 1.80. The molecule has 1 aromatic rings. The maximum absolute atomic E-state index is 13.2. The number of sulfonamides is 1. The van der Waals surface area contributed by atoms with Crippen molar-refractivity contribution in [2.24, 2.45) is 0 Å². The number of hydrogen-bond donors (Lipinski definition) is 1. The maximum atomic E-state index is 13.2. The van der Waals surface area contributed by atoms with E-state index in [4.69, 9.17) is 0 Å². The monoisotopic (exact) mass is 316 g/mol. The standard InChI is InChI=1S/C14H18F2N2O2S/c15-10-7-11(16)9-12(8-10)21(19,20)17-13-4-6-18-5-2-1-3-14(13)18/h7-9,13-14,17H,1-6H2. The van der Waals surface area contributed by atoms with Gasteiger partial charge in [0.1, 0.15) is 11.6 Å². The normalized spacial score (nSPS) is 26.8. The first-order valence-electron chi connectivity index (χ1n) is 7.18. The zero-order valence-corrected chi connectivity index (χ0v) is 12.4. The van der Waals surface area contributed by atoms with Crippen molar-refractivity contribution in [1.82, 2.24) is 9.62 Å². The lowest BCUT2D eigenvalue weighted by molar-refractivity contribution is 0.186. The maximum Gasteiger partial charge on any atom is 0.241 e. The highest BCUT2D eigenvalue weighted by Gasteiger charge is 2.37. The molecule has 0 spiro atoms. The highest BCUT2D eigenvalue weighted by molar-refractivity contribution is 7.89. The van der Waals surface area contributed by atoms with Gasteiger partial charge in [-0.15, -0.1) is 0 Å². The molecule has 2 aliphatic rings. The van der Waals surface area contributed by atoms with Crippen molar-refractivity contribution in [3.63, 3.8) is 0 Å². The third-order valence-corrected chi connectivity index (χ3v) is 5.78. The molecular weight excluding hydrogens is 298 g/mol. The van der Waals surface area contributed by atoms with Gasteiger partial charge in [-0.2, -0.15) is 0 Å². The summed E-state index contributed by atoms with van der Waals surface area (Å²) in [7, 11) is -3.90. The Kier molecular flexibility index (Phi) is 3.98. The highest BCUT2D eigenvalue weighted by atomic mass is 32.2. The van der Waals surface area contributed by atoms with Gasteiger partial charge in [0, 0.05) is 24.7 Å². The van der Waals surface area contributed by atoms with E-state index in [-0.39, 0.29) is 17.0 Å². The topological polar surface area (TPSA) is 49.4 Å². The van der Waals surface area contributed by atoms with E-state index in [1.54, 1.807) is 0 Å². The second kappa shape index (κ2) is 5.62. The molecule has 2 unspecified atom stereocenters. The molecule has 2 fully saturated rings. The summed E-state index contributed by atoms with van der Waals surface area (Å²) < 4.78 is 53.6. The van der Waals surface area contributed by atoms with E-state index in [0.29, 0.717) is 6.07 Å². The Hall–Kier alpha value is -1.05. The number of nitrogens with zero attached hydrogens (tertiary/aromatic N) is 1. The summed E-state index contributed by atoms with van der Waals surface area (Å²) in [5, 5.41) is 0. The second-order valence-corrected chi connectivity index (χ2v) is 7.43. The smallest absolute Gasteiger partial charge is 0.241 e. The predicted octanol–water partition coefficient (Wildman–Crippen LogP) is 1.87. The molecule has 2 heterocycles. The fourth-order valence-electron chi connectivity index (χ4n) is 3.34. The summed E-state index contributed by atoms with van der Waals surface area (Å²) in [6, 6.07) is 2.38. The summed E-state index contributed by atoms with van der Waals surface area (Å²) in [4.78, 5) is 1.94. The lowest BCUT2D eigenvalue weighted by Crippen LogP contribution is -2.46. The van der Waals surface area contributed by atoms with Gasteiger partial charge in [-0.05, 0) is 37.9 Å². The summed E-state index contributed by atoms with van der Waals surface area (Å²) in [6.45, 7) is 1.87. The first-order chi connectivity index (χ1) is 9.95. The van der Waals surface area contributed by atoms with Crippen molar-refractivity contribution < 1.29 is 17.2 Å². The Morgan fingerprint density at radius 3 is 2.48 bits per heavy atom. The van der Waals surface area contributed by atoms with E-state index in [9.17, 15) is 17.2 Å². The summed E-state index contributed by atoms with van der Waals surface area (Å²) >= 11 is 0. The van der Waals surface area contributed by atoms with Gasteiger partial charge in [0.15, 0.2) is 0 Å². The minimum atomic E-state index is -3.90. The third-order valence-electron chi connectivity index (χ3n) is 4.31. The number of benzene rings is 1. The Morgan fingerprint density at radius 1 is 1.05 bits per heavy atom. The van der Waals surface area contributed by atoms with Gasteiger partial charge >= 0.3 is 0 Å². The highest BCUT2D eigenvalue weighted by Crippen LogP contribution is 2.28. The van der Waals surface area contributed by atoms with Crippen LogP contribution in [0.3, 0.4) is 0 Å². The average Bonchev–Trinajstić information content (AvgIpc) is 2.81. The largest absolute Gasteiger partial charge is 0.299 e.